The van der Waals surface area contributed by atoms with Gasteiger partial charge in [-0.05, 0) is 61.7 Å². The van der Waals surface area contributed by atoms with Crippen molar-refractivity contribution in [2.45, 2.75) is 26.8 Å². The van der Waals surface area contributed by atoms with Crippen LogP contribution in [0.25, 0.3) is 0 Å². The van der Waals surface area contributed by atoms with Gasteiger partial charge in [-0.1, -0.05) is 12.1 Å². The molecule has 0 heterocycles. The van der Waals surface area contributed by atoms with Crippen LogP contribution in [0, 0.1) is 25.5 Å². The Balaban J connectivity index is 1.90. The molecule has 0 bridgehead atoms. The summed E-state index contributed by atoms with van der Waals surface area (Å²) in [5.41, 5.74) is 3.59. The van der Waals surface area contributed by atoms with Crippen molar-refractivity contribution in [2.24, 2.45) is 0 Å². The normalized spacial score (nSPS) is 12.0. The predicted octanol–water partition coefficient (Wildman–Crippen LogP) is 3.87. The van der Waals surface area contributed by atoms with Gasteiger partial charge in [-0.3, -0.25) is 4.79 Å². The van der Waals surface area contributed by atoms with Crippen LogP contribution in [-0.2, 0) is 4.79 Å². The molecule has 0 saturated heterocycles. The van der Waals surface area contributed by atoms with E-state index in [9.17, 15) is 13.6 Å². The third-order valence-electron chi connectivity index (χ3n) is 3.80. The number of carbonyl (C=O) groups is 1. The van der Waals surface area contributed by atoms with Gasteiger partial charge >= 0.3 is 0 Å². The first kappa shape index (κ1) is 17.1. The van der Waals surface area contributed by atoms with Crippen LogP contribution in [0.4, 0.5) is 14.5 Å². The van der Waals surface area contributed by atoms with E-state index in [0.717, 1.165) is 28.9 Å². The maximum absolute atomic E-state index is 13.2. The number of rotatable bonds is 5. The molecule has 0 aromatic heterocycles. The van der Waals surface area contributed by atoms with Crippen molar-refractivity contribution in [1.29, 1.82) is 0 Å². The van der Waals surface area contributed by atoms with E-state index < -0.39 is 11.6 Å². The molecule has 0 fully saturated rings. The Morgan fingerprint density at radius 3 is 2.43 bits per heavy atom. The van der Waals surface area contributed by atoms with E-state index in [1.807, 2.05) is 32.0 Å². The average Bonchev–Trinajstić information content (AvgIpc) is 2.51. The van der Waals surface area contributed by atoms with Crippen LogP contribution in [0.3, 0.4) is 0 Å². The fourth-order valence-electron chi connectivity index (χ4n) is 2.17. The van der Waals surface area contributed by atoms with Gasteiger partial charge in [-0.25, -0.2) is 8.78 Å². The summed E-state index contributed by atoms with van der Waals surface area (Å²) < 4.78 is 26.1. The van der Waals surface area contributed by atoms with Gasteiger partial charge < -0.3 is 10.6 Å². The highest BCUT2D eigenvalue weighted by atomic mass is 19.2. The molecule has 2 aromatic carbocycles. The Morgan fingerprint density at radius 2 is 1.78 bits per heavy atom. The summed E-state index contributed by atoms with van der Waals surface area (Å²) in [6.45, 7) is 5.85. The zero-order chi connectivity index (χ0) is 17.0. The van der Waals surface area contributed by atoms with Crippen molar-refractivity contribution in [1.82, 2.24) is 5.32 Å². The molecule has 3 nitrogen and oxygen atoms in total. The third kappa shape index (κ3) is 4.60. The van der Waals surface area contributed by atoms with Crippen LogP contribution < -0.4 is 10.6 Å². The molecule has 1 amide bonds. The Kier molecular flexibility index (Phi) is 5.45. The second kappa shape index (κ2) is 7.33. The van der Waals surface area contributed by atoms with Crippen LogP contribution in [0.5, 0.6) is 0 Å². The SMILES string of the molecule is Cc1ccc(NC(=O)CN[C@@H](C)c2ccc(F)c(F)c2)cc1C. The first-order valence-electron chi connectivity index (χ1n) is 7.42. The number of halogens is 2. The minimum absolute atomic E-state index is 0.0765. The molecule has 0 radical (unpaired) electrons. The van der Waals surface area contributed by atoms with E-state index in [4.69, 9.17) is 0 Å². The molecular weight excluding hydrogens is 298 g/mol. The molecule has 23 heavy (non-hydrogen) atoms. The van der Waals surface area contributed by atoms with Crippen LogP contribution in [0.15, 0.2) is 36.4 Å². The molecular formula is C18H20F2N2O. The molecule has 0 saturated carbocycles. The van der Waals surface area contributed by atoms with Crippen molar-refractivity contribution in [3.63, 3.8) is 0 Å². The topological polar surface area (TPSA) is 41.1 Å². The summed E-state index contributed by atoms with van der Waals surface area (Å²) in [7, 11) is 0. The van der Waals surface area contributed by atoms with Crippen molar-refractivity contribution < 1.29 is 13.6 Å². The van der Waals surface area contributed by atoms with E-state index >= 15 is 0 Å². The van der Waals surface area contributed by atoms with Crippen molar-refractivity contribution >= 4 is 11.6 Å². The molecule has 2 N–H and O–H groups in total. The van der Waals surface area contributed by atoms with Crippen LogP contribution in [-0.4, -0.2) is 12.5 Å². The smallest absolute Gasteiger partial charge is 0.238 e. The molecule has 5 heteroatoms. The van der Waals surface area contributed by atoms with E-state index in [2.05, 4.69) is 10.6 Å². The van der Waals surface area contributed by atoms with E-state index in [1.165, 1.54) is 6.07 Å². The summed E-state index contributed by atoms with van der Waals surface area (Å²) in [5.74, 6) is -1.97. The number of benzene rings is 2. The number of hydrogen-bond acceptors (Lipinski definition) is 2. The zero-order valence-electron chi connectivity index (χ0n) is 13.4. The van der Waals surface area contributed by atoms with Gasteiger partial charge in [0.25, 0.3) is 0 Å². The van der Waals surface area contributed by atoms with Gasteiger partial charge in [0.15, 0.2) is 11.6 Å². The lowest BCUT2D eigenvalue weighted by molar-refractivity contribution is -0.115. The van der Waals surface area contributed by atoms with Crippen molar-refractivity contribution in [3.8, 4) is 0 Å². The second-order valence-corrected chi connectivity index (χ2v) is 5.62. The van der Waals surface area contributed by atoms with E-state index in [-0.39, 0.29) is 18.5 Å². The Labute approximate surface area is 134 Å². The van der Waals surface area contributed by atoms with Gasteiger partial charge in [-0.15, -0.1) is 0 Å². The van der Waals surface area contributed by atoms with Gasteiger partial charge in [0.05, 0.1) is 6.54 Å². The van der Waals surface area contributed by atoms with Gasteiger partial charge in [-0.2, -0.15) is 0 Å². The highest BCUT2D eigenvalue weighted by Crippen LogP contribution is 2.16. The molecule has 0 aliphatic heterocycles. The highest BCUT2D eigenvalue weighted by Gasteiger charge is 2.11. The van der Waals surface area contributed by atoms with E-state index in [0.29, 0.717) is 5.56 Å². The van der Waals surface area contributed by atoms with Crippen molar-refractivity contribution in [3.05, 3.63) is 64.7 Å². The zero-order valence-corrected chi connectivity index (χ0v) is 13.4. The average molecular weight is 318 g/mol. The standard InChI is InChI=1S/C18H20F2N2O/c1-11-4-6-15(8-12(11)2)22-18(23)10-21-13(3)14-5-7-16(19)17(20)9-14/h4-9,13,21H,10H2,1-3H3,(H,22,23)/t13-/m0/s1. The molecule has 1 atom stereocenters. The lowest BCUT2D eigenvalue weighted by atomic mass is 10.1. The number of aryl methyl sites for hydroxylation is 2. The second-order valence-electron chi connectivity index (χ2n) is 5.62. The number of nitrogens with one attached hydrogen (secondary N) is 2. The van der Waals surface area contributed by atoms with Crippen LogP contribution in [0.1, 0.15) is 29.7 Å². The Bertz CT molecular complexity index is 716. The predicted molar refractivity (Wildman–Crippen MR) is 87.3 cm³/mol. The maximum atomic E-state index is 13.2. The monoisotopic (exact) mass is 318 g/mol. The molecule has 0 unspecified atom stereocenters. The number of amides is 1. The summed E-state index contributed by atoms with van der Waals surface area (Å²) in [5, 5.41) is 5.79. The molecule has 2 aromatic rings. The summed E-state index contributed by atoms with van der Waals surface area (Å²) in [6, 6.07) is 9.15. The van der Waals surface area contributed by atoms with E-state index in [1.54, 1.807) is 6.92 Å². The quantitative estimate of drug-likeness (QED) is 0.878. The van der Waals surface area contributed by atoms with Crippen molar-refractivity contribution in [2.75, 3.05) is 11.9 Å². The summed E-state index contributed by atoms with van der Waals surface area (Å²) in [6.07, 6.45) is 0. The third-order valence-corrected chi connectivity index (χ3v) is 3.80. The first-order chi connectivity index (χ1) is 10.9. The van der Waals surface area contributed by atoms with Crippen LogP contribution in [0.2, 0.25) is 0 Å². The van der Waals surface area contributed by atoms with Gasteiger partial charge in [0.2, 0.25) is 5.91 Å². The van der Waals surface area contributed by atoms with Gasteiger partial charge in [0.1, 0.15) is 0 Å². The molecule has 0 spiro atoms. The first-order valence-corrected chi connectivity index (χ1v) is 7.42. The minimum Gasteiger partial charge on any atom is -0.325 e. The fraction of sp³-hybridized carbons (Fsp3) is 0.278. The molecule has 2 rings (SSSR count). The minimum atomic E-state index is -0.893. The van der Waals surface area contributed by atoms with Crippen LogP contribution >= 0.6 is 0 Å². The number of hydrogen-bond donors (Lipinski definition) is 2. The molecule has 122 valence electrons. The lowest BCUT2D eigenvalue weighted by Gasteiger charge is -2.15. The Morgan fingerprint density at radius 1 is 1.04 bits per heavy atom. The highest BCUT2D eigenvalue weighted by molar-refractivity contribution is 5.92. The Hall–Kier alpha value is -2.27. The number of carbonyl (C=O) groups excluding carboxylic acids is 1. The largest absolute Gasteiger partial charge is 0.325 e. The van der Waals surface area contributed by atoms with Gasteiger partial charge in [0, 0.05) is 11.7 Å². The summed E-state index contributed by atoms with van der Waals surface area (Å²) in [4.78, 5) is 12.0. The molecule has 0 aliphatic rings. The lowest BCUT2D eigenvalue weighted by Crippen LogP contribution is -2.30. The fourth-order valence-corrected chi connectivity index (χ4v) is 2.17. The maximum Gasteiger partial charge on any atom is 0.238 e. The summed E-state index contributed by atoms with van der Waals surface area (Å²) >= 11 is 0. The number of anilines is 1. The molecule has 0 aliphatic carbocycles.